The fraction of sp³-hybridized carbons (Fsp3) is 0.176. The van der Waals surface area contributed by atoms with Crippen LogP contribution < -0.4 is 0 Å². The molecular weight excluding hydrogens is 929 g/mol. The molecule has 2 N–H and O–H groups in total. The van der Waals surface area contributed by atoms with Crippen LogP contribution in [0.25, 0.3) is 136 Å². The van der Waals surface area contributed by atoms with Gasteiger partial charge in [-0.15, -0.1) is 0 Å². The van der Waals surface area contributed by atoms with Gasteiger partial charge in [0.1, 0.15) is 22.4 Å². The second-order valence-corrected chi connectivity index (χ2v) is 21.6. The maximum atomic E-state index is 5.82. The maximum Gasteiger partial charge on any atom is 0.117 e. The second-order valence-electron chi connectivity index (χ2n) is 21.6. The Morgan fingerprint density at radius 3 is 0.895 bits per heavy atom. The summed E-state index contributed by atoms with van der Waals surface area (Å²) in [7, 11) is 0. The molecular formula is C68H58N8. The molecule has 0 aliphatic carbocycles. The quantitative estimate of drug-likeness (QED) is 0.182. The first-order chi connectivity index (χ1) is 36.6. The third-order valence-corrected chi connectivity index (χ3v) is 15.6. The first-order valence-electron chi connectivity index (χ1n) is 26.3. The summed E-state index contributed by atoms with van der Waals surface area (Å²) < 4.78 is 0. The Kier molecular flexibility index (Phi) is 10.7. The Hall–Kier alpha value is -8.88. The summed E-state index contributed by atoms with van der Waals surface area (Å²) in [6.45, 7) is 26.4. The van der Waals surface area contributed by atoms with E-state index in [1.165, 1.54) is 44.5 Å². The largest absolute Gasteiger partial charge is 0.354 e. The highest BCUT2D eigenvalue weighted by atomic mass is 15.0. The van der Waals surface area contributed by atoms with E-state index in [0.717, 1.165) is 134 Å². The zero-order valence-corrected chi connectivity index (χ0v) is 45.2. The molecule has 6 aromatic heterocycles. The van der Waals surface area contributed by atoms with Crippen molar-refractivity contribution in [1.29, 1.82) is 0 Å². The molecule has 3 aliphatic heterocycles. The van der Waals surface area contributed by atoms with Crippen LogP contribution in [0.5, 0.6) is 0 Å². The summed E-state index contributed by atoms with van der Waals surface area (Å²) in [5.41, 5.74) is 35.2. The van der Waals surface area contributed by atoms with Gasteiger partial charge in [-0.25, -0.2) is 29.9 Å². The number of aromatic nitrogens is 8. The van der Waals surface area contributed by atoms with Gasteiger partial charge < -0.3 is 9.97 Å². The minimum Gasteiger partial charge on any atom is -0.354 e. The van der Waals surface area contributed by atoms with Crippen molar-refractivity contribution in [2.45, 2.75) is 83.1 Å². The lowest BCUT2D eigenvalue weighted by Gasteiger charge is -2.15. The lowest BCUT2D eigenvalue weighted by molar-refractivity contribution is 1.17. The van der Waals surface area contributed by atoms with E-state index in [0.29, 0.717) is 22.4 Å². The molecule has 0 spiro atoms. The fourth-order valence-electron chi connectivity index (χ4n) is 13.0. The Morgan fingerprint density at radius 1 is 0.276 bits per heavy atom. The standard InChI is InChI=1S/C68H58N8/c1-33-25-37(5)55(38(6)26-33)59-47-19-20-48(71-47)60(56-39(7)27-34(2)28-40(56)8)50-22-24-52(73-50)62(58-43(11)31-36(4)32-44(58)12)66-68-67(74-63-53-17-13-15-45(69-53)46-16-14-18-54(70-46)64(63)75-68)65(76-66)61(51-23-21-49(59)72-51)57-41(9)29-35(3)30-42(57)10/h13-32,71,76H,1-12H3. The van der Waals surface area contributed by atoms with Gasteiger partial charge in [-0.1, -0.05) is 82.9 Å². The van der Waals surface area contributed by atoms with Crippen molar-refractivity contribution in [3.63, 3.8) is 0 Å². The SMILES string of the molecule is Cc1cc(C)c(-c2c3nc(c(-c4c(C)cc(C)cc4C)c4[nH]c(c(-c5c(C)cc(C)cc5C)c5nc(c(-c6c(C)cc(C)cc6C)c6ccc2[nH]6)C=C5)c2nc5c(nc42)-c2cccc(n2)-c2cccc-5n2)C=C3)c(C)c1. The highest BCUT2D eigenvalue weighted by molar-refractivity contribution is 6.15. The van der Waals surface area contributed by atoms with E-state index in [1.54, 1.807) is 0 Å². The molecule has 76 heavy (non-hydrogen) atoms. The molecule has 0 atom stereocenters. The molecule has 0 saturated carbocycles. The third-order valence-electron chi connectivity index (χ3n) is 15.6. The molecule has 12 bridgehead atoms. The van der Waals surface area contributed by atoms with Gasteiger partial charge in [0.15, 0.2) is 0 Å². The van der Waals surface area contributed by atoms with Crippen molar-refractivity contribution in [3.05, 3.63) is 187 Å². The molecule has 8 nitrogen and oxygen atoms in total. The van der Waals surface area contributed by atoms with Gasteiger partial charge in [0.2, 0.25) is 0 Å². The highest BCUT2D eigenvalue weighted by Crippen LogP contribution is 2.46. The monoisotopic (exact) mass is 986 g/mol. The van der Waals surface area contributed by atoms with Gasteiger partial charge in [-0.3, -0.25) is 0 Å². The average molecular weight is 987 g/mol. The molecule has 10 aromatic rings. The predicted molar refractivity (Wildman–Crippen MR) is 316 cm³/mol. The van der Waals surface area contributed by atoms with E-state index in [2.05, 4.69) is 178 Å². The number of nitrogens with zero attached hydrogens (tertiary/aromatic N) is 6. The lowest BCUT2D eigenvalue weighted by Crippen LogP contribution is -2.02. The molecule has 0 unspecified atom stereocenters. The first kappa shape index (κ1) is 46.9. The molecule has 0 radical (unpaired) electrons. The van der Waals surface area contributed by atoms with Gasteiger partial charge in [0, 0.05) is 33.3 Å². The molecule has 13 rings (SSSR count). The first-order valence-corrected chi connectivity index (χ1v) is 26.3. The number of H-pyrrole nitrogens is 2. The Labute approximate surface area is 443 Å². The zero-order valence-electron chi connectivity index (χ0n) is 45.2. The molecule has 3 aliphatic rings. The van der Waals surface area contributed by atoms with Crippen LogP contribution in [0.3, 0.4) is 0 Å². The summed E-state index contributed by atoms with van der Waals surface area (Å²) in [5, 5.41) is 0. The zero-order chi connectivity index (χ0) is 52.6. The van der Waals surface area contributed by atoms with Crippen LogP contribution >= 0.6 is 0 Å². The van der Waals surface area contributed by atoms with Crippen molar-refractivity contribution in [3.8, 4) is 78.7 Å². The number of fused-ring (bicyclic) bond motifs is 19. The number of aryl methyl sites for hydroxylation is 12. The van der Waals surface area contributed by atoms with Crippen molar-refractivity contribution >= 4 is 57.4 Å². The van der Waals surface area contributed by atoms with Gasteiger partial charge in [0.05, 0.1) is 56.6 Å². The van der Waals surface area contributed by atoms with Crippen molar-refractivity contribution in [1.82, 2.24) is 39.9 Å². The van der Waals surface area contributed by atoms with Crippen LogP contribution in [0.2, 0.25) is 0 Å². The number of rotatable bonds is 4. The Bertz CT molecular complexity index is 4110. The van der Waals surface area contributed by atoms with E-state index in [1.807, 2.05) is 36.4 Å². The minimum absolute atomic E-state index is 0.661. The highest BCUT2D eigenvalue weighted by Gasteiger charge is 2.29. The van der Waals surface area contributed by atoms with Crippen molar-refractivity contribution < 1.29 is 0 Å². The van der Waals surface area contributed by atoms with Crippen LogP contribution in [-0.4, -0.2) is 39.9 Å². The van der Waals surface area contributed by atoms with Gasteiger partial charge in [-0.2, -0.15) is 0 Å². The average Bonchev–Trinajstić information content (AvgIpc) is 4.30. The summed E-state index contributed by atoms with van der Waals surface area (Å²) >= 11 is 0. The lowest BCUT2D eigenvalue weighted by atomic mass is 9.92. The Morgan fingerprint density at radius 2 is 0.566 bits per heavy atom. The van der Waals surface area contributed by atoms with E-state index in [-0.39, 0.29) is 0 Å². The number of aromatic amines is 2. The molecule has 0 fully saturated rings. The Balaban J connectivity index is 1.33. The second kappa shape index (κ2) is 17.4. The van der Waals surface area contributed by atoms with E-state index < -0.39 is 0 Å². The summed E-state index contributed by atoms with van der Waals surface area (Å²) in [5.74, 6) is 0. The summed E-state index contributed by atoms with van der Waals surface area (Å²) in [6, 6.07) is 34.8. The number of pyridine rings is 2. The number of nitrogens with one attached hydrogen (secondary N) is 2. The molecule has 0 amide bonds. The topological polar surface area (TPSA) is 109 Å². The number of hydrogen-bond donors (Lipinski definition) is 2. The summed E-state index contributed by atoms with van der Waals surface area (Å²) in [6.07, 6.45) is 8.78. The normalized spacial score (nSPS) is 12.4. The smallest absolute Gasteiger partial charge is 0.117 e. The molecule has 370 valence electrons. The van der Waals surface area contributed by atoms with Gasteiger partial charge >= 0.3 is 0 Å². The van der Waals surface area contributed by atoms with Gasteiger partial charge in [0.25, 0.3) is 0 Å². The van der Waals surface area contributed by atoms with Gasteiger partial charge in [-0.05, 0) is 211 Å². The number of benzene rings is 4. The fourth-order valence-corrected chi connectivity index (χ4v) is 13.0. The van der Waals surface area contributed by atoms with Crippen molar-refractivity contribution in [2.75, 3.05) is 0 Å². The number of hydrogen-bond acceptors (Lipinski definition) is 6. The van der Waals surface area contributed by atoms with E-state index >= 15 is 0 Å². The molecule has 9 heterocycles. The minimum atomic E-state index is 0.661. The van der Waals surface area contributed by atoms with Crippen LogP contribution in [0, 0.1) is 83.1 Å². The van der Waals surface area contributed by atoms with Crippen molar-refractivity contribution in [2.24, 2.45) is 0 Å². The third kappa shape index (κ3) is 7.41. The van der Waals surface area contributed by atoms with Crippen LogP contribution in [-0.2, 0) is 0 Å². The molecule has 4 aromatic carbocycles. The summed E-state index contributed by atoms with van der Waals surface area (Å²) in [4.78, 5) is 41.8. The maximum absolute atomic E-state index is 5.82. The molecule has 0 saturated heterocycles. The van der Waals surface area contributed by atoms with E-state index in [9.17, 15) is 0 Å². The van der Waals surface area contributed by atoms with Crippen LogP contribution in [0.15, 0.2) is 97.1 Å². The molecule has 8 heteroatoms. The van der Waals surface area contributed by atoms with E-state index in [4.69, 9.17) is 29.9 Å². The van der Waals surface area contributed by atoms with Crippen LogP contribution in [0.1, 0.15) is 89.5 Å². The predicted octanol–water partition coefficient (Wildman–Crippen LogP) is 17.1. The van der Waals surface area contributed by atoms with Crippen LogP contribution in [0.4, 0.5) is 0 Å².